The van der Waals surface area contributed by atoms with E-state index in [1.807, 2.05) is 23.9 Å². The molecule has 10 heteroatoms. The van der Waals surface area contributed by atoms with Crippen molar-refractivity contribution in [2.24, 2.45) is 0 Å². The number of hydrogen-bond donors (Lipinski definition) is 2. The quantitative estimate of drug-likeness (QED) is 0.475. The molecule has 0 aliphatic heterocycles. The van der Waals surface area contributed by atoms with E-state index >= 15 is 0 Å². The van der Waals surface area contributed by atoms with Gasteiger partial charge in [-0.3, -0.25) is 4.68 Å². The molecule has 1 aliphatic carbocycles. The van der Waals surface area contributed by atoms with E-state index in [0.29, 0.717) is 28.8 Å². The number of hydrogen-bond acceptors (Lipinski definition) is 7. The lowest BCUT2D eigenvalue weighted by molar-refractivity contribution is -0.0247. The minimum Gasteiger partial charge on any atom is -0.390 e. The molecule has 1 aliphatic rings. The Labute approximate surface area is 193 Å². The van der Waals surface area contributed by atoms with Crippen molar-refractivity contribution in [2.75, 3.05) is 0 Å². The van der Waals surface area contributed by atoms with E-state index in [1.54, 1.807) is 10.7 Å². The summed E-state index contributed by atoms with van der Waals surface area (Å²) in [6.07, 6.45) is 6.82. The molecule has 168 valence electrons. The number of nitriles is 1. The summed E-state index contributed by atoms with van der Waals surface area (Å²) in [5.41, 5.74) is 3.58. The third kappa shape index (κ3) is 3.88. The Morgan fingerprint density at radius 1 is 1.21 bits per heavy atom. The van der Waals surface area contributed by atoms with Crippen LogP contribution in [0.15, 0.2) is 52.9 Å². The van der Waals surface area contributed by atoms with Crippen LogP contribution in [0.3, 0.4) is 0 Å². The van der Waals surface area contributed by atoms with Crippen molar-refractivity contribution in [2.45, 2.75) is 54.4 Å². The zero-order valence-corrected chi connectivity index (χ0v) is 18.6. The second kappa shape index (κ2) is 8.59. The Balaban J connectivity index is 1.58. The lowest BCUT2D eigenvalue weighted by Crippen LogP contribution is -2.35. The summed E-state index contributed by atoms with van der Waals surface area (Å²) in [6.45, 7) is 1.96. The van der Waals surface area contributed by atoms with E-state index in [-0.39, 0.29) is 11.1 Å². The van der Waals surface area contributed by atoms with Crippen molar-refractivity contribution in [1.82, 2.24) is 24.4 Å². The van der Waals surface area contributed by atoms with E-state index in [1.165, 1.54) is 24.5 Å². The van der Waals surface area contributed by atoms with E-state index in [0.717, 1.165) is 35.0 Å². The smallest absolute Gasteiger partial charge is 0.155 e. The highest BCUT2D eigenvalue weighted by Gasteiger charge is 2.30. The fraction of sp³-hybridized carbons (Fsp3) is 0.304. The molecule has 4 aromatic heterocycles. The summed E-state index contributed by atoms with van der Waals surface area (Å²) in [4.78, 5) is 4.79. The largest absolute Gasteiger partial charge is 0.390 e. The molecule has 0 unspecified atom stereocenters. The van der Waals surface area contributed by atoms with Gasteiger partial charge in [-0.25, -0.2) is 13.9 Å². The van der Waals surface area contributed by atoms with Crippen LogP contribution in [-0.4, -0.2) is 46.8 Å². The predicted octanol–water partition coefficient (Wildman–Crippen LogP) is 3.51. The number of aliphatic hydroxyl groups is 2. The molecule has 1 fully saturated rings. The number of aliphatic hydroxyl groups excluding tert-OH is 2. The van der Waals surface area contributed by atoms with Gasteiger partial charge in [0.05, 0.1) is 41.7 Å². The number of aromatic nitrogens is 5. The Kier molecular flexibility index (Phi) is 5.62. The van der Waals surface area contributed by atoms with Crippen LogP contribution in [0, 0.1) is 24.1 Å². The van der Waals surface area contributed by atoms with Gasteiger partial charge in [-0.15, -0.1) is 0 Å². The average Bonchev–Trinajstić information content (AvgIpc) is 3.40. The molecule has 0 aromatic carbocycles. The van der Waals surface area contributed by atoms with Gasteiger partial charge >= 0.3 is 0 Å². The van der Waals surface area contributed by atoms with Crippen molar-refractivity contribution in [3.63, 3.8) is 0 Å². The van der Waals surface area contributed by atoms with Crippen molar-refractivity contribution in [3.8, 4) is 17.2 Å². The standard InChI is InChI=1S/C23H21FN6O2S/c1-13-17(11-28-30(13)16-4-5-19(31)20(32)8-16)14-7-21(33-23-18(24)3-2-6-26-23)22-15(9-25)10-27-29(22)12-14/h2-3,6-7,10-12,16,19-20,31-32H,4-5,8H2,1H3/t16-,19-,20+/m1/s1. The normalized spacial score (nSPS) is 20.8. The molecule has 8 nitrogen and oxygen atoms in total. The Morgan fingerprint density at radius 3 is 2.82 bits per heavy atom. The number of pyridine rings is 2. The Bertz CT molecular complexity index is 1380. The predicted molar refractivity (Wildman–Crippen MR) is 119 cm³/mol. The van der Waals surface area contributed by atoms with Gasteiger partial charge in [-0.1, -0.05) is 11.8 Å². The van der Waals surface area contributed by atoms with Crippen molar-refractivity contribution < 1.29 is 14.6 Å². The van der Waals surface area contributed by atoms with Crippen LogP contribution in [0.2, 0.25) is 0 Å². The van der Waals surface area contributed by atoms with Crippen molar-refractivity contribution in [1.29, 1.82) is 5.26 Å². The number of nitrogens with zero attached hydrogens (tertiary/aromatic N) is 6. The van der Waals surface area contributed by atoms with Gasteiger partial charge < -0.3 is 10.2 Å². The maximum atomic E-state index is 14.3. The van der Waals surface area contributed by atoms with Gasteiger partial charge in [0.1, 0.15) is 11.1 Å². The highest BCUT2D eigenvalue weighted by Crippen LogP contribution is 2.37. The number of rotatable bonds is 4. The summed E-state index contributed by atoms with van der Waals surface area (Å²) < 4.78 is 17.8. The van der Waals surface area contributed by atoms with Gasteiger partial charge in [-0.2, -0.15) is 15.5 Å². The fourth-order valence-corrected chi connectivity index (χ4v) is 5.32. The van der Waals surface area contributed by atoms with E-state index in [9.17, 15) is 19.9 Å². The monoisotopic (exact) mass is 464 g/mol. The van der Waals surface area contributed by atoms with E-state index in [4.69, 9.17) is 0 Å². The van der Waals surface area contributed by atoms with E-state index in [2.05, 4.69) is 21.3 Å². The van der Waals surface area contributed by atoms with Gasteiger partial charge in [0, 0.05) is 34.1 Å². The zero-order valence-electron chi connectivity index (χ0n) is 17.8. The molecule has 0 amide bonds. The molecule has 0 saturated heterocycles. The highest BCUT2D eigenvalue weighted by atomic mass is 32.2. The summed E-state index contributed by atoms with van der Waals surface area (Å²) in [6, 6.07) is 6.91. The molecule has 4 aromatic rings. The molecule has 5 rings (SSSR count). The molecule has 0 bridgehead atoms. The first-order valence-corrected chi connectivity index (χ1v) is 11.4. The second-order valence-electron chi connectivity index (χ2n) is 8.14. The molecule has 1 saturated carbocycles. The van der Waals surface area contributed by atoms with Crippen molar-refractivity contribution >= 4 is 17.3 Å². The van der Waals surface area contributed by atoms with Crippen LogP contribution < -0.4 is 0 Å². The van der Waals surface area contributed by atoms with Crippen LogP contribution in [0.25, 0.3) is 16.6 Å². The van der Waals surface area contributed by atoms with Gasteiger partial charge in [0.15, 0.2) is 5.82 Å². The molecule has 0 spiro atoms. The lowest BCUT2D eigenvalue weighted by Gasteiger charge is -2.30. The molecular weight excluding hydrogens is 443 g/mol. The van der Waals surface area contributed by atoms with Crippen LogP contribution >= 0.6 is 11.8 Å². The number of fused-ring (bicyclic) bond motifs is 1. The van der Waals surface area contributed by atoms with E-state index < -0.39 is 18.0 Å². The third-order valence-corrected chi connectivity index (χ3v) is 7.11. The fourth-order valence-electron chi connectivity index (χ4n) is 4.35. The number of halogens is 1. The maximum Gasteiger partial charge on any atom is 0.155 e. The first-order valence-electron chi connectivity index (χ1n) is 10.6. The topological polar surface area (TPSA) is 112 Å². The average molecular weight is 465 g/mol. The molecule has 33 heavy (non-hydrogen) atoms. The first kappa shape index (κ1) is 21.6. The summed E-state index contributed by atoms with van der Waals surface area (Å²) in [5, 5.41) is 38.6. The highest BCUT2D eigenvalue weighted by molar-refractivity contribution is 7.99. The van der Waals surface area contributed by atoms with Crippen LogP contribution in [-0.2, 0) is 0 Å². The van der Waals surface area contributed by atoms with Gasteiger partial charge in [0.2, 0.25) is 0 Å². The first-order chi connectivity index (χ1) is 16.0. The second-order valence-corrected chi connectivity index (χ2v) is 9.17. The third-order valence-electron chi connectivity index (χ3n) is 6.08. The Hall–Kier alpha value is -3.26. The SMILES string of the molecule is Cc1c(-c2cc(Sc3ncccc3F)c3c(C#N)cnn3c2)cnn1[C@@H]1CC[C@@H](O)[C@@H](O)C1. The Morgan fingerprint density at radius 2 is 2.06 bits per heavy atom. The summed E-state index contributed by atoms with van der Waals surface area (Å²) >= 11 is 1.14. The molecule has 0 radical (unpaired) electrons. The minimum atomic E-state index is -0.767. The zero-order chi connectivity index (χ0) is 23.1. The van der Waals surface area contributed by atoms with Crippen LogP contribution in [0.1, 0.15) is 36.6 Å². The lowest BCUT2D eigenvalue weighted by atomic mass is 9.90. The molecular formula is C23H21FN6O2S. The van der Waals surface area contributed by atoms with Gasteiger partial charge in [-0.05, 0) is 44.4 Å². The summed E-state index contributed by atoms with van der Waals surface area (Å²) in [7, 11) is 0. The van der Waals surface area contributed by atoms with Crippen molar-refractivity contribution in [3.05, 3.63) is 60.1 Å². The van der Waals surface area contributed by atoms with Crippen LogP contribution in [0.5, 0.6) is 0 Å². The molecule has 3 atom stereocenters. The van der Waals surface area contributed by atoms with Gasteiger partial charge in [0.25, 0.3) is 0 Å². The maximum absolute atomic E-state index is 14.3. The van der Waals surface area contributed by atoms with Crippen LogP contribution in [0.4, 0.5) is 4.39 Å². The summed E-state index contributed by atoms with van der Waals surface area (Å²) in [5.74, 6) is -0.439. The molecule has 2 N–H and O–H groups in total. The molecule has 4 heterocycles. The minimum absolute atomic E-state index is 0.00719.